The van der Waals surface area contributed by atoms with Gasteiger partial charge in [0.15, 0.2) is 11.5 Å². The van der Waals surface area contributed by atoms with Crippen LogP contribution in [0.15, 0.2) is 46.9 Å². The van der Waals surface area contributed by atoms with Crippen molar-refractivity contribution in [2.45, 2.75) is 12.7 Å². The van der Waals surface area contributed by atoms with Gasteiger partial charge < -0.3 is 20.3 Å². The summed E-state index contributed by atoms with van der Waals surface area (Å²) in [6.45, 7) is 0.309. The Morgan fingerprint density at radius 2 is 2.00 bits per heavy atom. The Morgan fingerprint density at radius 1 is 1.19 bits per heavy atom. The van der Waals surface area contributed by atoms with Gasteiger partial charge in [0.05, 0.1) is 13.7 Å². The number of aliphatic hydroxyl groups excluding tert-OH is 1. The summed E-state index contributed by atoms with van der Waals surface area (Å²) in [5.41, 5.74) is 7.58. The first-order valence-electron chi connectivity index (χ1n) is 6.58. The number of nitrogens with two attached hydrogens (primary N) is 1. The SMILES string of the molecule is COc1cc(CO)ccc1OC(CN)c1cccc(Br)c1. The van der Waals surface area contributed by atoms with E-state index < -0.39 is 0 Å². The van der Waals surface area contributed by atoms with E-state index in [0.717, 1.165) is 15.6 Å². The molecular formula is C16H18BrNO3. The lowest BCUT2D eigenvalue weighted by molar-refractivity contribution is 0.204. The van der Waals surface area contributed by atoms with Crippen LogP contribution in [0.5, 0.6) is 11.5 Å². The number of benzene rings is 2. The van der Waals surface area contributed by atoms with Crippen molar-refractivity contribution in [1.29, 1.82) is 0 Å². The highest BCUT2D eigenvalue weighted by molar-refractivity contribution is 9.10. The van der Waals surface area contributed by atoms with E-state index in [2.05, 4.69) is 15.9 Å². The fourth-order valence-corrected chi connectivity index (χ4v) is 2.44. The van der Waals surface area contributed by atoms with Crippen LogP contribution in [0.3, 0.4) is 0 Å². The van der Waals surface area contributed by atoms with E-state index >= 15 is 0 Å². The average molecular weight is 352 g/mol. The Morgan fingerprint density at radius 3 is 2.62 bits per heavy atom. The Bertz CT molecular complexity index is 604. The maximum Gasteiger partial charge on any atom is 0.162 e. The Kier molecular flexibility index (Phi) is 5.61. The Labute approximate surface area is 132 Å². The fraction of sp³-hybridized carbons (Fsp3) is 0.250. The second kappa shape index (κ2) is 7.45. The largest absolute Gasteiger partial charge is 0.493 e. The lowest BCUT2D eigenvalue weighted by atomic mass is 10.1. The predicted molar refractivity (Wildman–Crippen MR) is 85.5 cm³/mol. The number of rotatable bonds is 6. The third-order valence-electron chi connectivity index (χ3n) is 3.11. The molecule has 0 amide bonds. The number of aliphatic hydroxyl groups is 1. The summed E-state index contributed by atoms with van der Waals surface area (Å²) < 4.78 is 12.3. The standard InChI is InChI=1S/C16H18BrNO3/c1-20-15-7-11(10-19)5-6-14(15)21-16(9-18)12-3-2-4-13(17)8-12/h2-8,16,19H,9-10,18H2,1H3. The van der Waals surface area contributed by atoms with E-state index in [4.69, 9.17) is 20.3 Å². The molecule has 1 atom stereocenters. The highest BCUT2D eigenvalue weighted by Gasteiger charge is 2.15. The highest BCUT2D eigenvalue weighted by atomic mass is 79.9. The van der Waals surface area contributed by atoms with Gasteiger partial charge in [0, 0.05) is 11.0 Å². The summed E-state index contributed by atoms with van der Waals surface area (Å²) in [5.74, 6) is 1.18. The first-order chi connectivity index (χ1) is 10.2. The summed E-state index contributed by atoms with van der Waals surface area (Å²) >= 11 is 3.44. The first-order valence-corrected chi connectivity index (χ1v) is 7.37. The topological polar surface area (TPSA) is 64.7 Å². The molecule has 5 heteroatoms. The molecule has 4 nitrogen and oxygen atoms in total. The minimum Gasteiger partial charge on any atom is -0.493 e. The van der Waals surface area contributed by atoms with Gasteiger partial charge in [-0.3, -0.25) is 0 Å². The molecule has 0 aliphatic carbocycles. The molecule has 112 valence electrons. The van der Waals surface area contributed by atoms with Gasteiger partial charge in [-0.25, -0.2) is 0 Å². The number of ether oxygens (including phenoxy) is 2. The van der Waals surface area contributed by atoms with Crippen molar-refractivity contribution < 1.29 is 14.6 Å². The molecule has 2 aromatic carbocycles. The van der Waals surface area contributed by atoms with Crippen LogP contribution in [-0.2, 0) is 6.61 Å². The molecule has 0 saturated carbocycles. The van der Waals surface area contributed by atoms with Crippen LogP contribution in [0.4, 0.5) is 0 Å². The minimum atomic E-state index is -0.267. The van der Waals surface area contributed by atoms with Crippen molar-refractivity contribution in [3.63, 3.8) is 0 Å². The average Bonchev–Trinajstić information content (AvgIpc) is 2.52. The van der Waals surface area contributed by atoms with E-state index in [1.807, 2.05) is 24.3 Å². The van der Waals surface area contributed by atoms with Crippen LogP contribution in [0.1, 0.15) is 17.2 Å². The third-order valence-corrected chi connectivity index (χ3v) is 3.61. The molecule has 0 aliphatic heterocycles. The molecule has 0 aliphatic rings. The first kappa shape index (κ1) is 15.8. The molecule has 21 heavy (non-hydrogen) atoms. The van der Waals surface area contributed by atoms with E-state index in [0.29, 0.717) is 18.0 Å². The zero-order valence-electron chi connectivity index (χ0n) is 11.8. The maximum atomic E-state index is 9.16. The summed E-state index contributed by atoms with van der Waals surface area (Å²) in [5, 5.41) is 9.16. The Balaban J connectivity index is 2.26. The van der Waals surface area contributed by atoms with Gasteiger partial charge in [-0.15, -0.1) is 0 Å². The number of halogens is 1. The second-order valence-electron chi connectivity index (χ2n) is 4.54. The van der Waals surface area contributed by atoms with Crippen molar-refractivity contribution >= 4 is 15.9 Å². The molecule has 0 radical (unpaired) electrons. The second-order valence-corrected chi connectivity index (χ2v) is 5.46. The molecule has 1 unspecified atom stereocenters. The molecule has 0 fully saturated rings. The van der Waals surface area contributed by atoms with E-state index in [1.54, 1.807) is 25.3 Å². The van der Waals surface area contributed by atoms with E-state index in [1.165, 1.54) is 0 Å². The molecule has 0 heterocycles. The van der Waals surface area contributed by atoms with Crippen molar-refractivity contribution in [2.24, 2.45) is 5.73 Å². The van der Waals surface area contributed by atoms with Crippen LogP contribution < -0.4 is 15.2 Å². The number of methoxy groups -OCH3 is 1. The van der Waals surface area contributed by atoms with Gasteiger partial charge in [0.25, 0.3) is 0 Å². The maximum absolute atomic E-state index is 9.16. The van der Waals surface area contributed by atoms with E-state index in [-0.39, 0.29) is 12.7 Å². The van der Waals surface area contributed by atoms with Crippen molar-refractivity contribution in [2.75, 3.05) is 13.7 Å². The molecular weight excluding hydrogens is 334 g/mol. The number of hydrogen-bond donors (Lipinski definition) is 2. The molecule has 0 bridgehead atoms. The van der Waals surface area contributed by atoms with Crippen molar-refractivity contribution in [3.8, 4) is 11.5 Å². The molecule has 0 spiro atoms. The number of hydrogen-bond acceptors (Lipinski definition) is 4. The van der Waals surface area contributed by atoms with Crippen LogP contribution in [-0.4, -0.2) is 18.8 Å². The predicted octanol–water partition coefficient (Wildman–Crippen LogP) is 3.03. The minimum absolute atomic E-state index is 0.0391. The smallest absolute Gasteiger partial charge is 0.162 e. The van der Waals surface area contributed by atoms with Gasteiger partial charge in [0.2, 0.25) is 0 Å². The van der Waals surface area contributed by atoms with Crippen molar-refractivity contribution in [1.82, 2.24) is 0 Å². The van der Waals surface area contributed by atoms with Crippen molar-refractivity contribution in [3.05, 3.63) is 58.1 Å². The quantitative estimate of drug-likeness (QED) is 0.839. The molecule has 2 aromatic rings. The summed E-state index contributed by atoms with van der Waals surface area (Å²) in [7, 11) is 1.57. The van der Waals surface area contributed by atoms with Crippen LogP contribution in [0.2, 0.25) is 0 Å². The van der Waals surface area contributed by atoms with Crippen LogP contribution in [0.25, 0.3) is 0 Å². The zero-order valence-corrected chi connectivity index (χ0v) is 13.3. The summed E-state index contributed by atoms with van der Waals surface area (Å²) in [6, 6.07) is 13.2. The van der Waals surface area contributed by atoms with Crippen LogP contribution in [0, 0.1) is 0 Å². The third kappa shape index (κ3) is 3.97. The van der Waals surface area contributed by atoms with E-state index in [9.17, 15) is 0 Å². The Hall–Kier alpha value is -1.56. The van der Waals surface area contributed by atoms with Gasteiger partial charge in [-0.1, -0.05) is 34.1 Å². The monoisotopic (exact) mass is 351 g/mol. The summed E-state index contributed by atoms with van der Waals surface area (Å²) in [4.78, 5) is 0. The summed E-state index contributed by atoms with van der Waals surface area (Å²) in [6.07, 6.45) is -0.267. The highest BCUT2D eigenvalue weighted by Crippen LogP contribution is 2.32. The fourth-order valence-electron chi connectivity index (χ4n) is 2.02. The van der Waals surface area contributed by atoms with Crippen LogP contribution >= 0.6 is 15.9 Å². The lowest BCUT2D eigenvalue weighted by Crippen LogP contribution is -2.18. The van der Waals surface area contributed by atoms with Gasteiger partial charge in [-0.2, -0.15) is 0 Å². The molecule has 3 N–H and O–H groups in total. The molecule has 0 saturated heterocycles. The molecule has 0 aromatic heterocycles. The zero-order chi connectivity index (χ0) is 15.2. The van der Waals surface area contributed by atoms with Gasteiger partial charge in [-0.05, 0) is 35.4 Å². The molecule has 2 rings (SSSR count). The normalized spacial score (nSPS) is 12.0. The van der Waals surface area contributed by atoms with Gasteiger partial charge >= 0.3 is 0 Å². The lowest BCUT2D eigenvalue weighted by Gasteiger charge is -2.20. The van der Waals surface area contributed by atoms with Gasteiger partial charge in [0.1, 0.15) is 6.10 Å².